The van der Waals surface area contributed by atoms with E-state index in [0.717, 1.165) is 36.5 Å². The van der Waals surface area contributed by atoms with Gasteiger partial charge in [0.1, 0.15) is 0 Å². The molecule has 0 aromatic heterocycles. The maximum Gasteiger partial charge on any atom is 0.231 e. The molecule has 3 rings (SSSR count). The minimum Gasteiger partial charge on any atom is -0.454 e. The summed E-state index contributed by atoms with van der Waals surface area (Å²) >= 11 is 10.4. The second kappa shape index (κ2) is 8.32. The van der Waals surface area contributed by atoms with E-state index in [2.05, 4.69) is 21.5 Å². The molecule has 0 aliphatic carbocycles. The van der Waals surface area contributed by atoms with Gasteiger partial charge in [0.25, 0.3) is 0 Å². The molecular weight excluding hydrogens is 348 g/mol. The molecule has 24 heavy (non-hydrogen) atoms. The Labute approximate surface area is 151 Å². The molecule has 130 valence electrons. The lowest BCUT2D eigenvalue weighted by Gasteiger charge is -2.16. The van der Waals surface area contributed by atoms with Crippen LogP contribution >= 0.6 is 24.4 Å². The molecule has 0 bridgehead atoms. The van der Waals surface area contributed by atoms with Crippen LogP contribution in [0, 0.1) is 0 Å². The highest BCUT2D eigenvalue weighted by molar-refractivity contribution is 7.80. The van der Waals surface area contributed by atoms with Gasteiger partial charge in [-0.3, -0.25) is 10.9 Å². The molecule has 0 spiro atoms. The SMILES string of the molecule is S=C(NCc1ccc2c(c1)OCO2)NNC(=S)NC[C@@H]1CCCO1. The van der Waals surface area contributed by atoms with Crippen molar-refractivity contribution in [3.63, 3.8) is 0 Å². The molecule has 9 heteroatoms. The fraction of sp³-hybridized carbons (Fsp3) is 0.467. The van der Waals surface area contributed by atoms with Crippen molar-refractivity contribution in [2.75, 3.05) is 19.9 Å². The van der Waals surface area contributed by atoms with Crippen LogP contribution in [0.25, 0.3) is 0 Å². The molecule has 1 fully saturated rings. The van der Waals surface area contributed by atoms with E-state index in [0.29, 0.717) is 23.3 Å². The largest absolute Gasteiger partial charge is 0.454 e. The van der Waals surface area contributed by atoms with Gasteiger partial charge in [-0.25, -0.2) is 0 Å². The van der Waals surface area contributed by atoms with Crippen molar-refractivity contribution in [1.29, 1.82) is 0 Å². The summed E-state index contributed by atoms with van der Waals surface area (Å²) in [5, 5.41) is 7.13. The Balaban J connectivity index is 1.32. The van der Waals surface area contributed by atoms with Gasteiger partial charge < -0.3 is 24.8 Å². The highest BCUT2D eigenvalue weighted by Crippen LogP contribution is 2.32. The highest BCUT2D eigenvalue weighted by atomic mass is 32.1. The lowest BCUT2D eigenvalue weighted by Crippen LogP contribution is -2.51. The zero-order valence-electron chi connectivity index (χ0n) is 13.1. The summed E-state index contributed by atoms with van der Waals surface area (Å²) in [7, 11) is 0. The summed E-state index contributed by atoms with van der Waals surface area (Å²) in [6.07, 6.45) is 2.41. The smallest absolute Gasteiger partial charge is 0.231 e. The third-order valence-corrected chi connectivity index (χ3v) is 4.19. The normalized spacial score (nSPS) is 18.1. The van der Waals surface area contributed by atoms with E-state index in [1.807, 2.05) is 18.2 Å². The fourth-order valence-corrected chi connectivity index (χ4v) is 2.70. The van der Waals surface area contributed by atoms with Crippen LogP contribution in [-0.2, 0) is 11.3 Å². The number of nitrogens with one attached hydrogen (secondary N) is 4. The number of hydrogen-bond acceptors (Lipinski definition) is 5. The van der Waals surface area contributed by atoms with Crippen molar-refractivity contribution in [2.45, 2.75) is 25.5 Å². The zero-order valence-corrected chi connectivity index (χ0v) is 14.7. The lowest BCUT2D eigenvalue weighted by molar-refractivity contribution is 0.114. The molecule has 1 aromatic carbocycles. The third kappa shape index (κ3) is 4.83. The molecule has 1 aromatic rings. The summed E-state index contributed by atoms with van der Waals surface area (Å²) in [6, 6.07) is 5.78. The summed E-state index contributed by atoms with van der Waals surface area (Å²) in [6.45, 7) is 2.37. The van der Waals surface area contributed by atoms with E-state index < -0.39 is 0 Å². The first-order valence-electron chi connectivity index (χ1n) is 7.78. The second-order valence-corrected chi connectivity index (χ2v) is 6.28. The Morgan fingerprint density at radius 2 is 1.88 bits per heavy atom. The first-order valence-corrected chi connectivity index (χ1v) is 8.60. The van der Waals surface area contributed by atoms with Gasteiger partial charge in [-0.2, -0.15) is 0 Å². The monoisotopic (exact) mass is 368 g/mol. The van der Waals surface area contributed by atoms with Crippen LogP contribution in [0.5, 0.6) is 11.5 Å². The topological polar surface area (TPSA) is 75.8 Å². The van der Waals surface area contributed by atoms with Crippen molar-refractivity contribution in [3.05, 3.63) is 23.8 Å². The standard InChI is InChI=1S/C15H20N4O3S2/c23-14(18-19-15(24)17-8-11-2-1-5-20-11)16-7-10-3-4-12-13(6-10)22-9-21-12/h3-4,6,11H,1-2,5,7-9H2,(H2,16,18,23)(H2,17,19,24)/t11-/m0/s1. The Morgan fingerprint density at radius 3 is 2.67 bits per heavy atom. The van der Waals surface area contributed by atoms with Gasteiger partial charge in [-0.1, -0.05) is 6.07 Å². The lowest BCUT2D eigenvalue weighted by atomic mass is 10.2. The van der Waals surface area contributed by atoms with Crippen LogP contribution in [0.15, 0.2) is 18.2 Å². The van der Waals surface area contributed by atoms with E-state index in [1.54, 1.807) is 0 Å². The molecule has 2 aliphatic rings. The molecular formula is C15H20N4O3S2. The first kappa shape index (κ1) is 17.0. The molecule has 4 N–H and O–H groups in total. The van der Waals surface area contributed by atoms with Crippen molar-refractivity contribution < 1.29 is 14.2 Å². The van der Waals surface area contributed by atoms with Crippen LogP contribution < -0.4 is 31.0 Å². The second-order valence-electron chi connectivity index (χ2n) is 5.47. The molecule has 2 aliphatic heterocycles. The number of rotatable bonds is 4. The van der Waals surface area contributed by atoms with Crippen molar-refractivity contribution in [2.24, 2.45) is 0 Å². The predicted octanol–water partition coefficient (Wildman–Crippen LogP) is 0.937. The number of thiocarbonyl (C=S) groups is 2. The average molecular weight is 368 g/mol. The quantitative estimate of drug-likeness (QED) is 0.459. The Kier molecular flexibility index (Phi) is 5.89. The molecule has 1 atom stereocenters. The summed E-state index contributed by atoms with van der Waals surface area (Å²) in [5.41, 5.74) is 6.74. The molecule has 2 heterocycles. The van der Waals surface area contributed by atoms with Gasteiger partial charge in [-0.15, -0.1) is 0 Å². The van der Waals surface area contributed by atoms with E-state index in [-0.39, 0.29) is 12.9 Å². The van der Waals surface area contributed by atoms with E-state index in [4.69, 9.17) is 38.6 Å². The van der Waals surface area contributed by atoms with Crippen LogP contribution in [0.4, 0.5) is 0 Å². The van der Waals surface area contributed by atoms with Crippen LogP contribution in [0.3, 0.4) is 0 Å². The van der Waals surface area contributed by atoms with Crippen molar-refractivity contribution >= 4 is 34.7 Å². The summed E-state index contributed by atoms with van der Waals surface area (Å²) in [4.78, 5) is 0. The van der Waals surface area contributed by atoms with Gasteiger partial charge in [0, 0.05) is 19.7 Å². The van der Waals surface area contributed by atoms with Crippen LogP contribution in [-0.4, -0.2) is 36.3 Å². The van der Waals surface area contributed by atoms with E-state index >= 15 is 0 Å². The van der Waals surface area contributed by atoms with Gasteiger partial charge in [0.05, 0.1) is 6.10 Å². The average Bonchev–Trinajstić information content (AvgIpc) is 3.26. The zero-order chi connectivity index (χ0) is 16.8. The maximum atomic E-state index is 5.52. The summed E-state index contributed by atoms with van der Waals surface area (Å²) < 4.78 is 16.2. The number of hydrazine groups is 1. The van der Waals surface area contributed by atoms with Gasteiger partial charge >= 0.3 is 0 Å². The Bertz CT molecular complexity index is 608. The van der Waals surface area contributed by atoms with Gasteiger partial charge in [-0.05, 0) is 55.0 Å². The number of ether oxygens (including phenoxy) is 3. The van der Waals surface area contributed by atoms with Gasteiger partial charge in [0.15, 0.2) is 21.7 Å². The molecule has 1 saturated heterocycles. The predicted molar refractivity (Wildman–Crippen MR) is 97.8 cm³/mol. The molecule has 0 saturated carbocycles. The van der Waals surface area contributed by atoms with Crippen LogP contribution in [0.2, 0.25) is 0 Å². The first-order chi connectivity index (χ1) is 11.7. The molecule has 0 amide bonds. The highest BCUT2D eigenvalue weighted by Gasteiger charge is 2.15. The number of benzene rings is 1. The van der Waals surface area contributed by atoms with Crippen molar-refractivity contribution in [1.82, 2.24) is 21.5 Å². The Morgan fingerprint density at radius 1 is 1.08 bits per heavy atom. The third-order valence-electron chi connectivity index (χ3n) is 3.69. The molecule has 7 nitrogen and oxygen atoms in total. The van der Waals surface area contributed by atoms with Gasteiger partial charge in [0.2, 0.25) is 6.79 Å². The minimum absolute atomic E-state index is 0.237. The summed E-state index contributed by atoms with van der Waals surface area (Å²) in [5.74, 6) is 1.52. The van der Waals surface area contributed by atoms with Crippen LogP contribution in [0.1, 0.15) is 18.4 Å². The maximum absolute atomic E-state index is 5.52. The van der Waals surface area contributed by atoms with Crippen molar-refractivity contribution in [3.8, 4) is 11.5 Å². The molecule has 0 unspecified atom stereocenters. The molecule has 0 radical (unpaired) electrons. The number of hydrogen-bond donors (Lipinski definition) is 4. The van der Waals surface area contributed by atoms with E-state index in [1.165, 1.54) is 0 Å². The van der Waals surface area contributed by atoms with E-state index in [9.17, 15) is 0 Å². The number of fused-ring (bicyclic) bond motifs is 1. The minimum atomic E-state index is 0.237. The fourth-order valence-electron chi connectivity index (χ4n) is 2.45. The Hall–Kier alpha value is -1.84.